The molecule has 3 aromatic rings. The fourth-order valence-electron chi connectivity index (χ4n) is 3.37. The number of methoxy groups -OCH3 is 2. The smallest absolute Gasteiger partial charge is 0.270 e. The van der Waals surface area contributed by atoms with E-state index in [2.05, 4.69) is 5.32 Å². The van der Waals surface area contributed by atoms with Crippen LogP contribution in [-0.4, -0.2) is 37.0 Å². The Hall–Kier alpha value is -3.53. The van der Waals surface area contributed by atoms with E-state index in [4.69, 9.17) is 38.0 Å². The topological polar surface area (TPSA) is 77.1 Å². The zero-order valence-corrected chi connectivity index (χ0v) is 21.7. The number of halogens is 1. The average molecular weight is 541 g/mol. The lowest BCUT2D eigenvalue weighted by Gasteiger charge is -2.14. The molecule has 0 saturated carbocycles. The Kier molecular flexibility index (Phi) is 8.14. The first-order chi connectivity index (χ1) is 17.4. The van der Waals surface area contributed by atoms with Crippen molar-refractivity contribution in [1.29, 1.82) is 0 Å². The summed E-state index contributed by atoms with van der Waals surface area (Å²) >= 11 is 12.6. The number of thioether (sulfide) groups is 1. The Morgan fingerprint density at radius 2 is 1.83 bits per heavy atom. The highest BCUT2D eigenvalue weighted by Crippen LogP contribution is 2.37. The van der Waals surface area contributed by atoms with Crippen LogP contribution in [0.4, 0.5) is 11.4 Å². The maximum atomic E-state index is 13.0. The second kappa shape index (κ2) is 11.5. The van der Waals surface area contributed by atoms with Crippen LogP contribution in [0, 0.1) is 0 Å². The van der Waals surface area contributed by atoms with Gasteiger partial charge >= 0.3 is 0 Å². The third-order valence-corrected chi connectivity index (χ3v) is 6.63. The molecule has 1 N–H and O–H groups in total. The molecule has 7 nitrogen and oxygen atoms in total. The minimum atomic E-state index is -0.333. The van der Waals surface area contributed by atoms with Crippen molar-refractivity contribution in [3.8, 4) is 17.2 Å². The molecular formula is C26H21ClN2O5S2. The first-order valence-corrected chi connectivity index (χ1v) is 12.3. The Morgan fingerprint density at radius 1 is 1.06 bits per heavy atom. The van der Waals surface area contributed by atoms with E-state index in [9.17, 15) is 9.59 Å². The number of rotatable bonds is 8. The molecule has 1 heterocycles. The Morgan fingerprint density at radius 3 is 2.56 bits per heavy atom. The molecular weight excluding hydrogens is 520 g/mol. The standard InChI is InChI=1S/C26H21ClN2O5S2/c1-32-20-5-3-4-18(14-20)28-24(30)15-34-21-11-6-16(12-22(21)33-2)13-23-25(31)29(26(35)36-23)19-9-7-17(27)8-10-19/h3-14H,15H2,1-2H3,(H,28,30)/b23-13-. The summed E-state index contributed by atoms with van der Waals surface area (Å²) < 4.78 is 16.7. The summed E-state index contributed by atoms with van der Waals surface area (Å²) in [7, 11) is 3.06. The van der Waals surface area contributed by atoms with Crippen molar-refractivity contribution in [1.82, 2.24) is 0 Å². The van der Waals surface area contributed by atoms with E-state index in [1.54, 1.807) is 79.9 Å². The molecule has 0 bridgehead atoms. The average Bonchev–Trinajstić information content (AvgIpc) is 3.16. The molecule has 1 aliphatic heterocycles. The largest absolute Gasteiger partial charge is 0.497 e. The summed E-state index contributed by atoms with van der Waals surface area (Å²) in [5.74, 6) is 0.896. The van der Waals surface area contributed by atoms with Gasteiger partial charge in [-0.1, -0.05) is 47.7 Å². The van der Waals surface area contributed by atoms with Crippen molar-refractivity contribution in [2.75, 3.05) is 31.0 Å². The molecule has 1 aliphatic rings. The predicted octanol–water partition coefficient (Wildman–Crippen LogP) is 5.78. The number of anilines is 2. The molecule has 0 radical (unpaired) electrons. The van der Waals surface area contributed by atoms with Gasteiger partial charge in [-0.3, -0.25) is 14.5 Å². The third-order valence-electron chi connectivity index (χ3n) is 5.08. The number of nitrogens with one attached hydrogen (secondary N) is 1. The molecule has 184 valence electrons. The number of hydrogen-bond acceptors (Lipinski definition) is 7. The third kappa shape index (κ3) is 5.99. The fourth-order valence-corrected chi connectivity index (χ4v) is 4.79. The van der Waals surface area contributed by atoms with E-state index < -0.39 is 0 Å². The van der Waals surface area contributed by atoms with Gasteiger partial charge in [-0.25, -0.2) is 0 Å². The molecule has 1 fully saturated rings. The highest BCUT2D eigenvalue weighted by Gasteiger charge is 2.33. The number of carbonyl (C=O) groups excluding carboxylic acids is 2. The molecule has 10 heteroatoms. The highest BCUT2D eigenvalue weighted by atomic mass is 35.5. The zero-order valence-electron chi connectivity index (χ0n) is 19.3. The van der Waals surface area contributed by atoms with E-state index in [0.717, 1.165) is 5.56 Å². The van der Waals surface area contributed by atoms with Crippen molar-refractivity contribution in [2.45, 2.75) is 0 Å². The van der Waals surface area contributed by atoms with Crippen molar-refractivity contribution in [3.63, 3.8) is 0 Å². The Labute approximate surface area is 223 Å². The van der Waals surface area contributed by atoms with Crippen molar-refractivity contribution < 1.29 is 23.8 Å². The van der Waals surface area contributed by atoms with Gasteiger partial charge in [-0.2, -0.15) is 0 Å². The highest BCUT2D eigenvalue weighted by molar-refractivity contribution is 8.27. The summed E-state index contributed by atoms with van der Waals surface area (Å²) in [6, 6.07) is 19.1. The van der Waals surface area contributed by atoms with E-state index in [0.29, 0.717) is 42.9 Å². The lowest BCUT2D eigenvalue weighted by molar-refractivity contribution is -0.118. The van der Waals surface area contributed by atoms with Crippen LogP contribution in [0.5, 0.6) is 17.2 Å². The van der Waals surface area contributed by atoms with Crippen LogP contribution in [-0.2, 0) is 9.59 Å². The summed E-state index contributed by atoms with van der Waals surface area (Å²) in [4.78, 5) is 27.3. The molecule has 1 saturated heterocycles. The Bertz CT molecular complexity index is 1340. The van der Waals surface area contributed by atoms with Crippen LogP contribution >= 0.6 is 35.6 Å². The molecule has 4 rings (SSSR count). The van der Waals surface area contributed by atoms with Gasteiger partial charge in [-0.15, -0.1) is 0 Å². The van der Waals surface area contributed by atoms with Gasteiger partial charge in [0, 0.05) is 16.8 Å². The second-order valence-corrected chi connectivity index (χ2v) is 9.58. The van der Waals surface area contributed by atoms with Crippen LogP contribution in [0.2, 0.25) is 5.02 Å². The minimum Gasteiger partial charge on any atom is -0.497 e. The van der Waals surface area contributed by atoms with Gasteiger partial charge in [0.25, 0.3) is 11.8 Å². The van der Waals surface area contributed by atoms with E-state index in [-0.39, 0.29) is 18.4 Å². The van der Waals surface area contributed by atoms with Gasteiger partial charge in [0.2, 0.25) is 0 Å². The van der Waals surface area contributed by atoms with Gasteiger partial charge in [0.05, 0.1) is 24.8 Å². The van der Waals surface area contributed by atoms with Gasteiger partial charge in [0.15, 0.2) is 22.4 Å². The summed E-state index contributed by atoms with van der Waals surface area (Å²) in [6.07, 6.45) is 1.73. The first-order valence-electron chi connectivity index (χ1n) is 10.7. The molecule has 0 unspecified atom stereocenters. The number of benzene rings is 3. The number of ether oxygens (including phenoxy) is 3. The van der Waals surface area contributed by atoms with Gasteiger partial charge in [-0.05, 0) is 60.2 Å². The number of amides is 2. The molecule has 0 aliphatic carbocycles. The van der Waals surface area contributed by atoms with E-state index >= 15 is 0 Å². The van der Waals surface area contributed by atoms with Crippen molar-refractivity contribution in [2.24, 2.45) is 0 Å². The predicted molar refractivity (Wildman–Crippen MR) is 147 cm³/mol. The number of thiocarbonyl (C=S) groups is 1. The van der Waals surface area contributed by atoms with Crippen molar-refractivity contribution in [3.05, 3.63) is 82.2 Å². The molecule has 0 aromatic heterocycles. The van der Waals surface area contributed by atoms with Crippen LogP contribution in [0.25, 0.3) is 6.08 Å². The zero-order chi connectivity index (χ0) is 25.7. The molecule has 3 aromatic carbocycles. The van der Waals surface area contributed by atoms with Crippen LogP contribution < -0.4 is 24.4 Å². The number of hydrogen-bond donors (Lipinski definition) is 1. The quantitative estimate of drug-likeness (QED) is 0.286. The van der Waals surface area contributed by atoms with Crippen LogP contribution in [0.1, 0.15) is 5.56 Å². The summed E-state index contributed by atoms with van der Waals surface area (Å²) in [5.41, 5.74) is 1.97. The number of carbonyl (C=O) groups is 2. The van der Waals surface area contributed by atoms with Crippen LogP contribution in [0.3, 0.4) is 0 Å². The maximum Gasteiger partial charge on any atom is 0.270 e. The first kappa shape index (κ1) is 25.6. The molecule has 0 atom stereocenters. The van der Waals surface area contributed by atoms with E-state index in [1.165, 1.54) is 23.8 Å². The van der Waals surface area contributed by atoms with Crippen molar-refractivity contribution >= 4 is 69.2 Å². The maximum absolute atomic E-state index is 13.0. The molecule has 2 amide bonds. The fraction of sp³-hybridized carbons (Fsp3) is 0.115. The summed E-state index contributed by atoms with van der Waals surface area (Å²) in [5, 5.41) is 3.33. The molecule has 36 heavy (non-hydrogen) atoms. The number of nitrogens with zero attached hydrogens (tertiary/aromatic N) is 1. The van der Waals surface area contributed by atoms with E-state index in [1.807, 2.05) is 0 Å². The normalized spacial score (nSPS) is 14.2. The minimum absolute atomic E-state index is 0.216. The SMILES string of the molecule is COc1cccc(NC(=O)COc2ccc(/C=C3\SC(=S)N(c4ccc(Cl)cc4)C3=O)cc2OC)c1. The monoisotopic (exact) mass is 540 g/mol. The van der Waals surface area contributed by atoms with Crippen LogP contribution in [0.15, 0.2) is 71.6 Å². The molecule has 0 spiro atoms. The van der Waals surface area contributed by atoms with Gasteiger partial charge < -0.3 is 19.5 Å². The second-order valence-electron chi connectivity index (χ2n) is 7.47. The van der Waals surface area contributed by atoms with Gasteiger partial charge in [0.1, 0.15) is 5.75 Å². The lowest BCUT2D eigenvalue weighted by atomic mass is 10.2. The lowest BCUT2D eigenvalue weighted by Crippen LogP contribution is -2.27. The summed E-state index contributed by atoms with van der Waals surface area (Å²) in [6.45, 7) is -0.216. The Balaban J connectivity index is 1.44.